The van der Waals surface area contributed by atoms with Gasteiger partial charge in [0.25, 0.3) is 0 Å². The summed E-state index contributed by atoms with van der Waals surface area (Å²) < 4.78 is 0. The van der Waals surface area contributed by atoms with Crippen LogP contribution >= 0.6 is 11.6 Å². The number of urea groups is 1. The molecule has 8 nitrogen and oxygen atoms in total. The SMILES string of the molecule is O=C(O)CN1C(=O)C(=O)N(Cc2cccc(Cl)n2)C1=O. The summed E-state index contributed by atoms with van der Waals surface area (Å²) in [5.41, 5.74) is 0.309. The van der Waals surface area contributed by atoms with E-state index in [4.69, 9.17) is 16.7 Å². The van der Waals surface area contributed by atoms with Crippen LogP contribution in [0.4, 0.5) is 4.79 Å². The second-order valence-electron chi connectivity index (χ2n) is 3.91. The second-order valence-corrected chi connectivity index (χ2v) is 4.30. The van der Waals surface area contributed by atoms with Crippen LogP contribution in [0, 0.1) is 0 Å². The zero-order valence-corrected chi connectivity index (χ0v) is 10.7. The highest BCUT2D eigenvalue weighted by Crippen LogP contribution is 2.15. The molecule has 2 rings (SSSR count). The minimum absolute atomic E-state index is 0.176. The third-order valence-electron chi connectivity index (χ3n) is 2.52. The van der Waals surface area contributed by atoms with Crippen molar-refractivity contribution in [2.75, 3.05) is 6.54 Å². The molecule has 1 saturated heterocycles. The van der Waals surface area contributed by atoms with Crippen molar-refractivity contribution in [3.05, 3.63) is 29.0 Å². The van der Waals surface area contributed by atoms with Crippen LogP contribution in [0.15, 0.2) is 18.2 Å². The fourth-order valence-corrected chi connectivity index (χ4v) is 1.85. The van der Waals surface area contributed by atoms with Crippen molar-refractivity contribution < 1.29 is 24.3 Å². The number of amides is 4. The predicted octanol–water partition coefficient (Wildman–Crippen LogP) is 0.110. The van der Waals surface area contributed by atoms with Gasteiger partial charge in [0.15, 0.2) is 0 Å². The van der Waals surface area contributed by atoms with Crippen molar-refractivity contribution in [3.8, 4) is 0 Å². The molecule has 0 bridgehead atoms. The van der Waals surface area contributed by atoms with Crippen molar-refractivity contribution in [2.45, 2.75) is 6.54 Å². The number of aliphatic carboxylic acids is 1. The molecule has 1 aromatic heterocycles. The van der Waals surface area contributed by atoms with Gasteiger partial charge in [-0.2, -0.15) is 0 Å². The molecule has 20 heavy (non-hydrogen) atoms. The Morgan fingerprint density at radius 3 is 2.45 bits per heavy atom. The number of pyridine rings is 1. The number of carbonyl (C=O) groups excluding carboxylic acids is 3. The number of nitrogens with zero attached hydrogens (tertiary/aromatic N) is 3. The maximum atomic E-state index is 11.8. The van der Waals surface area contributed by atoms with Crippen molar-refractivity contribution >= 4 is 35.4 Å². The normalized spacial score (nSPS) is 15.2. The monoisotopic (exact) mass is 297 g/mol. The fourth-order valence-electron chi connectivity index (χ4n) is 1.66. The Balaban J connectivity index is 2.20. The highest BCUT2D eigenvalue weighted by atomic mass is 35.5. The highest BCUT2D eigenvalue weighted by molar-refractivity contribution is 6.44. The minimum atomic E-state index is -1.39. The molecule has 9 heteroatoms. The van der Waals surface area contributed by atoms with Crippen LogP contribution in [-0.2, 0) is 20.9 Å². The Labute approximate surface area is 117 Å². The summed E-state index contributed by atoms with van der Waals surface area (Å²) in [6.45, 7) is -1.11. The third-order valence-corrected chi connectivity index (χ3v) is 2.73. The molecule has 4 amide bonds. The van der Waals surface area contributed by atoms with Crippen LogP contribution in [0.1, 0.15) is 5.69 Å². The smallest absolute Gasteiger partial charge is 0.335 e. The van der Waals surface area contributed by atoms with Gasteiger partial charge >= 0.3 is 23.8 Å². The Kier molecular flexibility index (Phi) is 3.66. The van der Waals surface area contributed by atoms with Crippen LogP contribution < -0.4 is 0 Å². The molecule has 104 valence electrons. The largest absolute Gasteiger partial charge is 0.480 e. The molecule has 1 fully saturated rings. The number of hydrogen-bond acceptors (Lipinski definition) is 5. The Bertz CT molecular complexity index is 618. The summed E-state index contributed by atoms with van der Waals surface area (Å²) in [5, 5.41) is 8.78. The molecule has 0 aromatic carbocycles. The topological polar surface area (TPSA) is 108 Å². The van der Waals surface area contributed by atoms with Crippen LogP contribution in [-0.4, -0.2) is 50.2 Å². The first kappa shape index (κ1) is 13.9. The lowest BCUT2D eigenvalue weighted by Gasteiger charge is -2.13. The molecular formula is C11H8ClN3O5. The van der Waals surface area contributed by atoms with E-state index in [0.29, 0.717) is 15.5 Å². The van der Waals surface area contributed by atoms with Crippen LogP contribution in [0.3, 0.4) is 0 Å². The number of hydrogen-bond donors (Lipinski definition) is 1. The van der Waals surface area contributed by atoms with Crippen molar-refractivity contribution in [1.82, 2.24) is 14.8 Å². The first-order valence-corrected chi connectivity index (χ1v) is 5.78. The van der Waals surface area contributed by atoms with Gasteiger partial charge in [0.2, 0.25) is 0 Å². The number of carbonyl (C=O) groups is 4. The lowest BCUT2D eigenvalue weighted by Crippen LogP contribution is -2.36. The zero-order chi connectivity index (χ0) is 14.9. The van der Waals surface area contributed by atoms with Gasteiger partial charge in [-0.1, -0.05) is 17.7 Å². The number of rotatable bonds is 4. The van der Waals surface area contributed by atoms with Crippen LogP contribution in [0.5, 0.6) is 0 Å². The number of carboxylic acid groups (broad SMARTS) is 1. The fraction of sp³-hybridized carbons (Fsp3) is 0.182. The highest BCUT2D eigenvalue weighted by Gasteiger charge is 2.45. The van der Waals surface area contributed by atoms with Crippen LogP contribution in [0.25, 0.3) is 0 Å². The van der Waals surface area contributed by atoms with E-state index in [2.05, 4.69) is 4.98 Å². The van der Waals surface area contributed by atoms with E-state index in [1.807, 2.05) is 0 Å². The molecule has 1 aromatic rings. The average molecular weight is 298 g/mol. The summed E-state index contributed by atoms with van der Waals surface area (Å²) in [7, 11) is 0. The number of imide groups is 2. The van der Waals surface area contributed by atoms with Crippen LogP contribution in [0.2, 0.25) is 5.15 Å². The Morgan fingerprint density at radius 1 is 1.20 bits per heavy atom. The molecule has 0 spiro atoms. The van der Waals surface area contributed by atoms with E-state index < -0.39 is 30.4 Å². The average Bonchev–Trinajstić information content (AvgIpc) is 2.56. The minimum Gasteiger partial charge on any atom is -0.480 e. The quantitative estimate of drug-likeness (QED) is 0.480. The van der Waals surface area contributed by atoms with Crippen molar-refractivity contribution in [2.24, 2.45) is 0 Å². The lowest BCUT2D eigenvalue weighted by molar-refractivity contribution is -0.146. The van der Waals surface area contributed by atoms with Gasteiger partial charge in [0.1, 0.15) is 11.7 Å². The Morgan fingerprint density at radius 2 is 1.85 bits per heavy atom. The van der Waals surface area contributed by atoms with Crippen molar-refractivity contribution in [1.29, 1.82) is 0 Å². The van der Waals surface area contributed by atoms with Crippen molar-refractivity contribution in [3.63, 3.8) is 0 Å². The molecule has 1 N–H and O–H groups in total. The van der Waals surface area contributed by atoms with E-state index in [0.717, 1.165) is 0 Å². The summed E-state index contributed by atoms with van der Waals surface area (Å²) in [6, 6.07) is 3.63. The lowest BCUT2D eigenvalue weighted by atomic mass is 10.3. The van der Waals surface area contributed by atoms with Gasteiger partial charge in [0.05, 0.1) is 12.2 Å². The molecule has 1 aliphatic heterocycles. The molecule has 0 unspecified atom stereocenters. The second kappa shape index (κ2) is 5.25. The van der Waals surface area contributed by atoms with Gasteiger partial charge < -0.3 is 5.11 Å². The summed E-state index contributed by atoms with van der Waals surface area (Å²) in [6.07, 6.45) is 0. The predicted molar refractivity (Wildman–Crippen MR) is 64.5 cm³/mol. The molecule has 0 atom stereocenters. The van der Waals surface area contributed by atoms with E-state index in [1.54, 1.807) is 6.07 Å². The summed E-state index contributed by atoms with van der Waals surface area (Å²) >= 11 is 5.67. The number of halogens is 1. The van der Waals surface area contributed by atoms with E-state index in [-0.39, 0.29) is 11.7 Å². The maximum absolute atomic E-state index is 11.8. The molecule has 1 aliphatic rings. The number of aromatic nitrogens is 1. The van der Waals surface area contributed by atoms with E-state index in [1.165, 1.54) is 12.1 Å². The van der Waals surface area contributed by atoms with Gasteiger partial charge in [-0.15, -0.1) is 0 Å². The maximum Gasteiger partial charge on any atom is 0.335 e. The first-order chi connectivity index (χ1) is 9.40. The zero-order valence-electron chi connectivity index (χ0n) is 9.95. The molecular weight excluding hydrogens is 290 g/mol. The molecule has 0 radical (unpaired) electrons. The third kappa shape index (κ3) is 2.59. The van der Waals surface area contributed by atoms with E-state index in [9.17, 15) is 19.2 Å². The number of carboxylic acids is 1. The summed E-state index contributed by atoms with van der Waals surface area (Å²) in [4.78, 5) is 50.5. The molecule has 2 heterocycles. The van der Waals surface area contributed by atoms with E-state index >= 15 is 0 Å². The molecule has 0 aliphatic carbocycles. The first-order valence-electron chi connectivity index (χ1n) is 5.40. The van der Waals surface area contributed by atoms with Gasteiger partial charge in [-0.3, -0.25) is 14.4 Å². The van der Waals surface area contributed by atoms with Gasteiger partial charge in [-0.05, 0) is 12.1 Å². The summed E-state index contributed by atoms with van der Waals surface area (Å²) in [5.74, 6) is -3.64. The van der Waals surface area contributed by atoms with Gasteiger partial charge in [0, 0.05) is 0 Å². The Hall–Kier alpha value is -2.48. The standard InChI is InChI=1S/C11H8ClN3O5/c12-7-3-1-2-6(13-7)4-14-9(18)10(19)15(11(14)20)5-8(16)17/h1-3H,4-5H2,(H,16,17). The molecule has 0 saturated carbocycles. The van der Waals surface area contributed by atoms with Gasteiger partial charge in [-0.25, -0.2) is 19.6 Å².